The minimum absolute atomic E-state index is 0.455. The molecule has 25 heavy (non-hydrogen) atoms. The summed E-state index contributed by atoms with van der Waals surface area (Å²) < 4.78 is 5.54. The van der Waals surface area contributed by atoms with Gasteiger partial charge in [0.2, 0.25) is 0 Å². The van der Waals surface area contributed by atoms with Crippen molar-refractivity contribution in [3.63, 3.8) is 0 Å². The lowest BCUT2D eigenvalue weighted by atomic mass is 9.92. The maximum Gasteiger partial charge on any atom is 0.188 e. The van der Waals surface area contributed by atoms with Gasteiger partial charge in [-0.05, 0) is 46.2 Å². The van der Waals surface area contributed by atoms with Crippen LogP contribution in [0.25, 0.3) is 0 Å². The Balaban J connectivity index is 1.45. The van der Waals surface area contributed by atoms with E-state index < -0.39 is 0 Å². The number of nitrogens with one attached hydrogen (secondary N) is 1. The summed E-state index contributed by atoms with van der Waals surface area (Å²) >= 11 is 1.67. The number of piperidine rings is 1. The summed E-state index contributed by atoms with van der Waals surface area (Å²) in [5.74, 6) is 1.32. The lowest BCUT2D eigenvalue weighted by Crippen LogP contribution is -2.41. The van der Waals surface area contributed by atoms with Gasteiger partial charge in [-0.2, -0.15) is 0 Å². The van der Waals surface area contributed by atoms with Crippen LogP contribution < -0.4 is 5.32 Å². The molecule has 2 saturated heterocycles. The van der Waals surface area contributed by atoms with Gasteiger partial charge in [0.15, 0.2) is 10.9 Å². The Hall–Kier alpha value is -1.57. The number of hydrogen-bond donors (Lipinski definition) is 1. The molecule has 2 aromatic rings. The van der Waals surface area contributed by atoms with Crippen LogP contribution in [0.3, 0.4) is 0 Å². The van der Waals surface area contributed by atoms with Crippen molar-refractivity contribution in [2.24, 2.45) is 0 Å². The van der Waals surface area contributed by atoms with E-state index in [0.717, 1.165) is 61.5 Å². The normalized spacial score (nSPS) is 22.4. The number of aromatic nitrogens is 3. The Morgan fingerprint density at radius 2 is 1.96 bits per heavy atom. The molecule has 0 spiro atoms. The Bertz CT molecular complexity index is 701. The first-order valence-corrected chi connectivity index (χ1v) is 9.86. The smallest absolute Gasteiger partial charge is 0.188 e. The summed E-state index contributed by atoms with van der Waals surface area (Å²) in [5.41, 5.74) is 2.15. The van der Waals surface area contributed by atoms with Crippen LogP contribution in [-0.4, -0.2) is 52.2 Å². The number of nitrogens with zero attached hydrogens (tertiary/aromatic N) is 4. The highest BCUT2D eigenvalue weighted by Crippen LogP contribution is 2.33. The number of aryl methyl sites for hydroxylation is 2. The van der Waals surface area contributed by atoms with Crippen LogP contribution >= 0.6 is 11.3 Å². The Morgan fingerprint density at radius 3 is 2.64 bits per heavy atom. The third-order valence-electron chi connectivity index (χ3n) is 5.32. The third kappa shape index (κ3) is 3.68. The molecule has 0 radical (unpaired) electrons. The first-order chi connectivity index (χ1) is 12.2. The first kappa shape index (κ1) is 16.9. The molecule has 2 aliphatic heterocycles. The second kappa shape index (κ2) is 7.35. The van der Waals surface area contributed by atoms with Crippen LogP contribution in [0.5, 0.6) is 0 Å². The van der Waals surface area contributed by atoms with E-state index >= 15 is 0 Å². The molecule has 134 valence electrons. The summed E-state index contributed by atoms with van der Waals surface area (Å²) in [5, 5.41) is 4.30. The molecular formula is C18H25N5OS. The van der Waals surface area contributed by atoms with Crippen molar-refractivity contribution >= 4 is 22.3 Å². The van der Waals surface area contributed by atoms with Gasteiger partial charge in [-0.1, -0.05) is 0 Å². The molecular weight excluding hydrogens is 334 g/mol. The average Bonchev–Trinajstić information content (AvgIpc) is 3.26. The number of ether oxygens (including phenoxy) is 1. The van der Waals surface area contributed by atoms with Gasteiger partial charge >= 0.3 is 0 Å². The number of likely N-dealkylation sites (tertiary alicyclic amines) is 1. The molecule has 2 aromatic heterocycles. The van der Waals surface area contributed by atoms with Crippen LogP contribution in [-0.2, 0) is 4.74 Å². The summed E-state index contributed by atoms with van der Waals surface area (Å²) in [6.07, 6.45) is 6.98. The van der Waals surface area contributed by atoms with E-state index in [1.165, 1.54) is 11.3 Å². The minimum atomic E-state index is 0.455. The van der Waals surface area contributed by atoms with Crippen molar-refractivity contribution in [1.29, 1.82) is 0 Å². The van der Waals surface area contributed by atoms with Gasteiger partial charge in [-0.3, -0.25) is 9.88 Å². The van der Waals surface area contributed by atoms with Crippen LogP contribution in [0.4, 0.5) is 10.9 Å². The SMILES string of the molecule is Cc1nc(Nc2nccnc2C2CCN([C@H]3CCOC3)CC2)sc1C. The van der Waals surface area contributed by atoms with Crippen molar-refractivity contribution in [3.05, 3.63) is 28.7 Å². The topological polar surface area (TPSA) is 63.2 Å². The van der Waals surface area contributed by atoms with Crippen molar-refractivity contribution < 1.29 is 4.74 Å². The van der Waals surface area contributed by atoms with E-state index in [-0.39, 0.29) is 0 Å². The van der Waals surface area contributed by atoms with Crippen molar-refractivity contribution in [2.45, 2.75) is 45.1 Å². The van der Waals surface area contributed by atoms with Crippen LogP contribution in [0, 0.1) is 13.8 Å². The number of rotatable bonds is 4. The second-order valence-corrected chi connectivity index (χ2v) is 8.11. The fourth-order valence-electron chi connectivity index (χ4n) is 3.72. The summed E-state index contributed by atoms with van der Waals surface area (Å²) in [6.45, 7) is 8.17. The van der Waals surface area contributed by atoms with E-state index in [1.807, 2.05) is 6.92 Å². The zero-order valence-electron chi connectivity index (χ0n) is 14.9. The van der Waals surface area contributed by atoms with Crippen LogP contribution in [0.15, 0.2) is 12.4 Å². The molecule has 2 aliphatic rings. The average molecular weight is 359 g/mol. The molecule has 0 bridgehead atoms. The monoisotopic (exact) mass is 359 g/mol. The third-order valence-corrected chi connectivity index (χ3v) is 6.31. The molecule has 0 aromatic carbocycles. The van der Waals surface area contributed by atoms with Gasteiger partial charge in [0.05, 0.1) is 18.0 Å². The largest absolute Gasteiger partial charge is 0.380 e. The van der Waals surface area contributed by atoms with E-state index in [1.54, 1.807) is 23.7 Å². The Labute approximate surface area is 152 Å². The van der Waals surface area contributed by atoms with Crippen LogP contribution in [0.1, 0.15) is 41.4 Å². The minimum Gasteiger partial charge on any atom is -0.380 e. The van der Waals surface area contributed by atoms with Gasteiger partial charge in [-0.15, -0.1) is 11.3 Å². The van der Waals surface area contributed by atoms with Crippen molar-refractivity contribution in [3.8, 4) is 0 Å². The lowest BCUT2D eigenvalue weighted by Gasteiger charge is -2.35. The summed E-state index contributed by atoms with van der Waals surface area (Å²) in [4.78, 5) is 17.6. The van der Waals surface area contributed by atoms with E-state index in [2.05, 4.69) is 32.1 Å². The van der Waals surface area contributed by atoms with Gasteiger partial charge in [-0.25, -0.2) is 9.97 Å². The Kier molecular flexibility index (Phi) is 4.96. The number of hydrogen-bond acceptors (Lipinski definition) is 7. The standard InChI is InChI=1S/C18H25N5OS/c1-12-13(2)25-18(21-12)22-17-16(19-6-7-20-17)14-3-8-23(9-4-14)15-5-10-24-11-15/h6-7,14-15H,3-5,8-11H2,1-2H3,(H,20,21,22)/t15-/m0/s1. The maximum atomic E-state index is 5.54. The highest BCUT2D eigenvalue weighted by atomic mass is 32.1. The molecule has 4 heterocycles. The van der Waals surface area contributed by atoms with Crippen molar-refractivity contribution in [1.82, 2.24) is 19.9 Å². The fraction of sp³-hybridized carbons (Fsp3) is 0.611. The molecule has 1 N–H and O–H groups in total. The van der Waals surface area contributed by atoms with Gasteiger partial charge in [0.25, 0.3) is 0 Å². The quantitative estimate of drug-likeness (QED) is 0.904. The molecule has 7 heteroatoms. The molecule has 0 saturated carbocycles. The molecule has 2 fully saturated rings. The zero-order valence-corrected chi connectivity index (χ0v) is 15.7. The predicted molar refractivity (Wildman–Crippen MR) is 99.7 cm³/mol. The molecule has 0 aliphatic carbocycles. The molecule has 4 rings (SSSR count). The first-order valence-electron chi connectivity index (χ1n) is 9.04. The van der Waals surface area contributed by atoms with Gasteiger partial charge in [0.1, 0.15) is 0 Å². The van der Waals surface area contributed by atoms with E-state index in [0.29, 0.717) is 12.0 Å². The van der Waals surface area contributed by atoms with Gasteiger partial charge < -0.3 is 10.1 Å². The highest BCUT2D eigenvalue weighted by molar-refractivity contribution is 7.15. The zero-order chi connectivity index (χ0) is 17.2. The van der Waals surface area contributed by atoms with E-state index in [4.69, 9.17) is 4.74 Å². The maximum absolute atomic E-state index is 5.54. The molecule has 0 unspecified atom stereocenters. The lowest BCUT2D eigenvalue weighted by molar-refractivity contribution is 0.121. The Morgan fingerprint density at radius 1 is 1.16 bits per heavy atom. The molecule has 6 nitrogen and oxygen atoms in total. The molecule has 0 amide bonds. The predicted octanol–water partition coefficient (Wildman–Crippen LogP) is 3.26. The van der Waals surface area contributed by atoms with Crippen molar-refractivity contribution in [2.75, 3.05) is 31.6 Å². The van der Waals surface area contributed by atoms with Crippen LogP contribution in [0.2, 0.25) is 0 Å². The highest BCUT2D eigenvalue weighted by Gasteiger charge is 2.30. The van der Waals surface area contributed by atoms with E-state index in [9.17, 15) is 0 Å². The number of anilines is 2. The summed E-state index contributed by atoms with van der Waals surface area (Å²) in [6, 6.07) is 0.613. The number of thiazole rings is 1. The second-order valence-electron chi connectivity index (χ2n) is 6.90. The van der Waals surface area contributed by atoms with Gasteiger partial charge in [0, 0.05) is 35.8 Å². The fourth-order valence-corrected chi connectivity index (χ4v) is 4.53. The molecule has 1 atom stereocenters. The summed E-state index contributed by atoms with van der Waals surface area (Å²) in [7, 11) is 0.